The van der Waals surface area contributed by atoms with Gasteiger partial charge in [0.15, 0.2) is 8.32 Å². The van der Waals surface area contributed by atoms with Gasteiger partial charge in [0.05, 0.1) is 24.7 Å². The molecule has 2 heterocycles. The summed E-state index contributed by atoms with van der Waals surface area (Å²) in [6.07, 6.45) is -1.59. The first-order valence-electron chi connectivity index (χ1n) is 10.7. The number of amides is 3. The predicted molar refractivity (Wildman–Crippen MR) is 115 cm³/mol. The van der Waals surface area contributed by atoms with E-state index < -0.39 is 50.0 Å². The molecule has 2 aliphatic rings. The van der Waals surface area contributed by atoms with Crippen molar-refractivity contribution < 1.29 is 28.7 Å². The molecule has 4 atom stereocenters. The van der Waals surface area contributed by atoms with Gasteiger partial charge in [0.1, 0.15) is 11.6 Å². The quantitative estimate of drug-likeness (QED) is 0.533. The topological polar surface area (TPSA) is 96.4 Å². The fourth-order valence-corrected chi connectivity index (χ4v) is 4.92. The lowest BCUT2D eigenvalue weighted by molar-refractivity contribution is -0.147. The number of hydrogen-bond acceptors (Lipinski definition) is 6. The lowest BCUT2D eigenvalue weighted by atomic mass is 10.1. The maximum absolute atomic E-state index is 13.3. The molecule has 0 aliphatic carbocycles. The van der Waals surface area contributed by atoms with Crippen LogP contribution in [0.4, 0.5) is 4.79 Å². The molecule has 30 heavy (non-hydrogen) atoms. The standard InChI is InChI=1S/C21H38N2O6Si/c1-13-16(24)11-17(25)23(13)18(26)15-10-14(29-30(8,9)21(5,6)7)12-22(15)19(27)28-20(2,3)4/h13-16,24H,10-12H2,1-9H3/t13-,14-,15-,16?/m0/s1. The minimum Gasteiger partial charge on any atom is -0.444 e. The number of aliphatic hydroxyl groups excluding tert-OH is 1. The van der Waals surface area contributed by atoms with Crippen molar-refractivity contribution >= 4 is 26.2 Å². The SMILES string of the molecule is C[C@H]1C(O)CC(=O)N1C(=O)[C@@H]1C[C@H](O[Si](C)(C)C(C)(C)C)CN1C(=O)OC(C)(C)C. The summed E-state index contributed by atoms with van der Waals surface area (Å²) in [6, 6.07) is -1.47. The third-order valence-electron chi connectivity index (χ3n) is 6.30. The van der Waals surface area contributed by atoms with Crippen LogP contribution < -0.4 is 0 Å². The zero-order chi connectivity index (χ0) is 23.2. The van der Waals surface area contributed by atoms with Gasteiger partial charge in [-0.3, -0.25) is 19.4 Å². The van der Waals surface area contributed by atoms with Crippen molar-refractivity contribution in [3.63, 3.8) is 0 Å². The third-order valence-corrected chi connectivity index (χ3v) is 10.8. The van der Waals surface area contributed by atoms with Crippen LogP contribution in [0.3, 0.4) is 0 Å². The normalized spacial score (nSPS) is 28.3. The molecule has 0 radical (unpaired) electrons. The van der Waals surface area contributed by atoms with Crippen molar-refractivity contribution in [2.24, 2.45) is 0 Å². The molecule has 2 aliphatic heterocycles. The van der Waals surface area contributed by atoms with Gasteiger partial charge in [-0.05, 0) is 45.8 Å². The molecule has 0 aromatic rings. The van der Waals surface area contributed by atoms with E-state index in [0.717, 1.165) is 4.90 Å². The second-order valence-electron chi connectivity index (χ2n) is 11.0. The second kappa shape index (κ2) is 8.24. The van der Waals surface area contributed by atoms with Crippen molar-refractivity contribution in [2.45, 2.75) is 109 Å². The molecule has 3 amide bonds. The summed E-state index contributed by atoms with van der Waals surface area (Å²) in [5.74, 6) is -0.894. The van der Waals surface area contributed by atoms with E-state index in [9.17, 15) is 19.5 Å². The summed E-state index contributed by atoms with van der Waals surface area (Å²) in [4.78, 5) is 41.0. The first-order chi connectivity index (χ1) is 13.4. The van der Waals surface area contributed by atoms with E-state index in [1.54, 1.807) is 27.7 Å². The lowest BCUT2D eigenvalue weighted by Gasteiger charge is -2.38. The Hall–Kier alpha value is -1.45. The molecule has 9 heteroatoms. The van der Waals surface area contributed by atoms with E-state index in [1.807, 2.05) is 0 Å². The van der Waals surface area contributed by atoms with Crippen LogP contribution in [0.2, 0.25) is 18.1 Å². The molecule has 1 unspecified atom stereocenters. The number of hydrogen-bond donors (Lipinski definition) is 1. The van der Waals surface area contributed by atoms with Crippen LogP contribution in [0.5, 0.6) is 0 Å². The third kappa shape index (κ3) is 5.23. The highest BCUT2D eigenvalue weighted by Crippen LogP contribution is 2.39. The number of imide groups is 1. The van der Waals surface area contributed by atoms with Gasteiger partial charge < -0.3 is 14.3 Å². The maximum Gasteiger partial charge on any atom is 0.411 e. The van der Waals surface area contributed by atoms with Crippen molar-refractivity contribution in [2.75, 3.05) is 6.54 Å². The van der Waals surface area contributed by atoms with E-state index in [0.29, 0.717) is 6.42 Å². The van der Waals surface area contributed by atoms with Crippen LogP contribution in [-0.4, -0.2) is 77.6 Å². The Morgan fingerprint density at radius 2 is 1.70 bits per heavy atom. The van der Waals surface area contributed by atoms with Crippen molar-refractivity contribution in [3.05, 3.63) is 0 Å². The zero-order valence-electron chi connectivity index (χ0n) is 19.8. The van der Waals surface area contributed by atoms with Gasteiger partial charge >= 0.3 is 6.09 Å². The minimum atomic E-state index is -2.13. The Balaban J connectivity index is 2.28. The molecule has 0 aromatic heterocycles. The first-order valence-corrected chi connectivity index (χ1v) is 13.6. The number of nitrogens with zero attached hydrogens (tertiary/aromatic N) is 2. The highest BCUT2D eigenvalue weighted by molar-refractivity contribution is 6.74. The van der Waals surface area contributed by atoms with Crippen molar-refractivity contribution in [1.29, 1.82) is 0 Å². The highest BCUT2D eigenvalue weighted by Gasteiger charge is 2.50. The Kier molecular flexibility index (Phi) is 6.81. The van der Waals surface area contributed by atoms with Crippen LogP contribution >= 0.6 is 0 Å². The Morgan fingerprint density at radius 1 is 1.13 bits per heavy atom. The molecular formula is C21H38N2O6Si. The summed E-state index contributed by atoms with van der Waals surface area (Å²) in [5.41, 5.74) is -0.712. The van der Waals surface area contributed by atoms with E-state index in [2.05, 4.69) is 33.9 Å². The Bertz CT molecular complexity index is 697. The Labute approximate surface area is 181 Å². The van der Waals surface area contributed by atoms with Gasteiger partial charge in [0.25, 0.3) is 5.91 Å². The van der Waals surface area contributed by atoms with Gasteiger partial charge in [-0.15, -0.1) is 0 Å². The molecule has 0 aromatic carbocycles. The molecule has 0 saturated carbocycles. The average molecular weight is 443 g/mol. The molecule has 0 spiro atoms. The summed E-state index contributed by atoms with van der Waals surface area (Å²) >= 11 is 0. The minimum absolute atomic E-state index is 0.0185. The van der Waals surface area contributed by atoms with Crippen LogP contribution in [0.15, 0.2) is 0 Å². The predicted octanol–water partition coefficient (Wildman–Crippen LogP) is 2.89. The van der Waals surface area contributed by atoms with E-state index >= 15 is 0 Å². The molecular weight excluding hydrogens is 404 g/mol. The van der Waals surface area contributed by atoms with Crippen LogP contribution in [-0.2, 0) is 18.8 Å². The zero-order valence-corrected chi connectivity index (χ0v) is 20.8. The average Bonchev–Trinajstić information content (AvgIpc) is 3.05. The molecule has 172 valence electrons. The van der Waals surface area contributed by atoms with E-state index in [1.165, 1.54) is 4.90 Å². The number of ether oxygens (including phenoxy) is 1. The first kappa shape index (κ1) is 24.8. The summed E-state index contributed by atoms with van der Waals surface area (Å²) < 4.78 is 12.0. The van der Waals surface area contributed by atoms with Crippen LogP contribution in [0, 0.1) is 0 Å². The molecule has 0 bridgehead atoms. The Morgan fingerprint density at radius 3 is 2.13 bits per heavy atom. The summed E-state index contributed by atoms with van der Waals surface area (Å²) in [6.45, 7) is 17.8. The monoisotopic (exact) mass is 442 g/mol. The van der Waals surface area contributed by atoms with E-state index in [4.69, 9.17) is 9.16 Å². The number of likely N-dealkylation sites (tertiary alicyclic amines) is 2. The molecule has 8 nitrogen and oxygen atoms in total. The molecule has 2 saturated heterocycles. The number of carbonyl (C=O) groups is 3. The molecule has 2 fully saturated rings. The lowest BCUT2D eigenvalue weighted by Crippen LogP contribution is -2.51. The van der Waals surface area contributed by atoms with Crippen LogP contribution in [0.25, 0.3) is 0 Å². The van der Waals surface area contributed by atoms with Gasteiger partial charge in [-0.25, -0.2) is 4.79 Å². The summed E-state index contributed by atoms with van der Waals surface area (Å²) in [7, 11) is -2.13. The number of aliphatic hydroxyl groups is 1. The fraction of sp³-hybridized carbons (Fsp3) is 0.857. The van der Waals surface area contributed by atoms with Gasteiger partial charge in [0, 0.05) is 13.0 Å². The molecule has 2 rings (SSSR count). The number of carbonyl (C=O) groups excluding carboxylic acids is 3. The fourth-order valence-electron chi connectivity index (χ4n) is 3.56. The van der Waals surface area contributed by atoms with Gasteiger partial charge in [-0.2, -0.15) is 0 Å². The van der Waals surface area contributed by atoms with E-state index in [-0.39, 0.29) is 24.1 Å². The highest BCUT2D eigenvalue weighted by atomic mass is 28.4. The smallest absolute Gasteiger partial charge is 0.411 e. The van der Waals surface area contributed by atoms with Crippen LogP contribution in [0.1, 0.15) is 61.3 Å². The summed E-state index contributed by atoms with van der Waals surface area (Å²) in [5, 5.41) is 9.99. The van der Waals surface area contributed by atoms with Gasteiger partial charge in [-0.1, -0.05) is 20.8 Å². The van der Waals surface area contributed by atoms with Crippen molar-refractivity contribution in [1.82, 2.24) is 9.80 Å². The van der Waals surface area contributed by atoms with Crippen molar-refractivity contribution in [3.8, 4) is 0 Å². The number of rotatable bonds is 3. The molecule has 1 N–H and O–H groups in total. The maximum atomic E-state index is 13.3. The van der Waals surface area contributed by atoms with Gasteiger partial charge in [0.2, 0.25) is 5.91 Å². The second-order valence-corrected chi connectivity index (χ2v) is 15.8. The largest absolute Gasteiger partial charge is 0.444 e.